The number of amides is 2. The lowest BCUT2D eigenvalue weighted by Crippen LogP contribution is -2.48. The molecular formula is C18H27N3O5S. The van der Waals surface area contributed by atoms with E-state index in [4.69, 9.17) is 4.74 Å². The largest absolute Gasteiger partial charge is 0.497 e. The summed E-state index contributed by atoms with van der Waals surface area (Å²) in [7, 11) is -1.83. The summed E-state index contributed by atoms with van der Waals surface area (Å²) in [5, 5.41) is 0. The molecule has 2 amide bonds. The number of rotatable bonds is 9. The monoisotopic (exact) mass is 397 g/mol. The molecule has 1 fully saturated rings. The van der Waals surface area contributed by atoms with Crippen molar-refractivity contribution in [3.63, 3.8) is 0 Å². The van der Waals surface area contributed by atoms with Gasteiger partial charge in [0.15, 0.2) is 0 Å². The number of ether oxygens (including phenoxy) is 1. The number of piperazine rings is 1. The Labute approximate surface area is 160 Å². The second-order valence-electron chi connectivity index (χ2n) is 6.54. The van der Waals surface area contributed by atoms with Crippen LogP contribution in [0.15, 0.2) is 24.3 Å². The molecule has 1 heterocycles. The first-order valence-corrected chi connectivity index (χ1v) is 10.7. The van der Waals surface area contributed by atoms with Gasteiger partial charge in [-0.2, -0.15) is 0 Å². The number of benzene rings is 1. The molecule has 1 aliphatic rings. The van der Waals surface area contributed by atoms with Crippen molar-refractivity contribution in [1.29, 1.82) is 0 Å². The molecule has 0 atom stereocenters. The van der Waals surface area contributed by atoms with Gasteiger partial charge in [-0.1, -0.05) is 12.1 Å². The second kappa shape index (κ2) is 9.70. The molecule has 0 spiro atoms. The van der Waals surface area contributed by atoms with Crippen molar-refractivity contribution in [2.24, 2.45) is 0 Å². The zero-order valence-electron chi connectivity index (χ0n) is 15.8. The van der Waals surface area contributed by atoms with Crippen molar-refractivity contribution in [2.45, 2.75) is 12.8 Å². The standard InChI is InChI=1S/C18H27N3O5S/c1-26-17-5-3-4-16(14-17)6-8-21(27(2,24)25)9-7-18(23)20-12-10-19(15-22)11-13-20/h3-5,14-15H,6-13H2,1-2H3. The van der Waals surface area contributed by atoms with E-state index >= 15 is 0 Å². The molecule has 1 aliphatic heterocycles. The van der Waals surface area contributed by atoms with E-state index in [-0.39, 0.29) is 18.9 Å². The van der Waals surface area contributed by atoms with Crippen molar-refractivity contribution in [1.82, 2.24) is 14.1 Å². The van der Waals surface area contributed by atoms with E-state index in [1.807, 2.05) is 24.3 Å². The predicted octanol–water partition coefficient (Wildman–Crippen LogP) is 0.190. The number of hydrogen-bond donors (Lipinski definition) is 0. The van der Waals surface area contributed by atoms with Crippen LogP contribution in [0.2, 0.25) is 0 Å². The van der Waals surface area contributed by atoms with Gasteiger partial charge in [-0.15, -0.1) is 0 Å². The fourth-order valence-electron chi connectivity index (χ4n) is 2.98. The third kappa shape index (κ3) is 6.51. The van der Waals surface area contributed by atoms with Gasteiger partial charge in [0.05, 0.1) is 13.4 Å². The normalized spacial score (nSPS) is 15.1. The van der Waals surface area contributed by atoms with Crippen LogP contribution in [0.4, 0.5) is 0 Å². The Morgan fingerprint density at radius 3 is 2.52 bits per heavy atom. The van der Waals surface area contributed by atoms with E-state index in [1.54, 1.807) is 16.9 Å². The van der Waals surface area contributed by atoms with Crippen molar-refractivity contribution in [2.75, 3.05) is 52.6 Å². The maximum Gasteiger partial charge on any atom is 0.224 e. The summed E-state index contributed by atoms with van der Waals surface area (Å²) in [6, 6.07) is 7.49. The fraction of sp³-hybridized carbons (Fsp3) is 0.556. The minimum atomic E-state index is -3.41. The molecule has 0 radical (unpaired) electrons. The van der Waals surface area contributed by atoms with E-state index in [2.05, 4.69) is 0 Å². The summed E-state index contributed by atoms with van der Waals surface area (Å²) in [5.41, 5.74) is 0.972. The highest BCUT2D eigenvalue weighted by atomic mass is 32.2. The Bertz CT molecular complexity index is 745. The molecule has 0 aliphatic carbocycles. The molecule has 0 N–H and O–H groups in total. The molecule has 2 rings (SSSR count). The number of sulfonamides is 1. The van der Waals surface area contributed by atoms with Gasteiger partial charge >= 0.3 is 0 Å². The van der Waals surface area contributed by atoms with Gasteiger partial charge in [-0.25, -0.2) is 12.7 Å². The first kappa shape index (κ1) is 21.2. The van der Waals surface area contributed by atoms with Crippen molar-refractivity contribution < 1.29 is 22.7 Å². The molecule has 0 bridgehead atoms. The number of carbonyl (C=O) groups excluding carboxylic acids is 2. The Hall–Kier alpha value is -2.13. The Balaban J connectivity index is 1.89. The topological polar surface area (TPSA) is 87.2 Å². The highest BCUT2D eigenvalue weighted by Gasteiger charge is 2.23. The summed E-state index contributed by atoms with van der Waals surface area (Å²) in [6.07, 6.45) is 2.61. The Kier molecular flexibility index (Phi) is 7.61. The molecule has 0 unspecified atom stereocenters. The minimum absolute atomic E-state index is 0.0874. The molecule has 1 saturated heterocycles. The average molecular weight is 397 g/mol. The Morgan fingerprint density at radius 1 is 1.22 bits per heavy atom. The third-order valence-corrected chi connectivity index (χ3v) is 5.95. The number of carbonyl (C=O) groups is 2. The van der Waals surface area contributed by atoms with Gasteiger partial charge in [-0.3, -0.25) is 9.59 Å². The van der Waals surface area contributed by atoms with Crippen LogP contribution in [-0.4, -0.2) is 87.5 Å². The first-order valence-electron chi connectivity index (χ1n) is 8.88. The van der Waals surface area contributed by atoms with Crippen LogP contribution in [0.3, 0.4) is 0 Å². The summed E-state index contributed by atoms with van der Waals surface area (Å²) < 4.78 is 30.7. The molecule has 27 heavy (non-hydrogen) atoms. The summed E-state index contributed by atoms with van der Waals surface area (Å²) >= 11 is 0. The van der Waals surface area contributed by atoms with Gasteiger partial charge in [0, 0.05) is 45.7 Å². The maximum atomic E-state index is 12.4. The summed E-state index contributed by atoms with van der Waals surface area (Å²) in [5.74, 6) is 0.638. The van der Waals surface area contributed by atoms with E-state index in [0.29, 0.717) is 39.1 Å². The minimum Gasteiger partial charge on any atom is -0.497 e. The second-order valence-corrected chi connectivity index (χ2v) is 8.52. The highest BCUT2D eigenvalue weighted by Crippen LogP contribution is 2.14. The lowest BCUT2D eigenvalue weighted by molar-refractivity contribution is -0.135. The molecule has 8 nitrogen and oxygen atoms in total. The van der Waals surface area contributed by atoms with Gasteiger partial charge in [-0.05, 0) is 24.1 Å². The van der Waals surface area contributed by atoms with Crippen LogP contribution >= 0.6 is 0 Å². The maximum absolute atomic E-state index is 12.4. The zero-order chi connectivity index (χ0) is 19.9. The average Bonchev–Trinajstić information content (AvgIpc) is 2.67. The third-order valence-electron chi connectivity index (χ3n) is 4.64. The quantitative estimate of drug-likeness (QED) is 0.555. The summed E-state index contributed by atoms with van der Waals surface area (Å²) in [4.78, 5) is 26.4. The lowest BCUT2D eigenvalue weighted by Gasteiger charge is -2.33. The van der Waals surface area contributed by atoms with E-state index in [0.717, 1.165) is 24.0 Å². The van der Waals surface area contributed by atoms with E-state index in [1.165, 1.54) is 4.31 Å². The smallest absolute Gasteiger partial charge is 0.224 e. The molecule has 1 aromatic rings. The van der Waals surface area contributed by atoms with Crippen molar-refractivity contribution >= 4 is 22.3 Å². The van der Waals surface area contributed by atoms with Gasteiger partial charge in [0.1, 0.15) is 5.75 Å². The van der Waals surface area contributed by atoms with Crippen LogP contribution in [-0.2, 0) is 26.0 Å². The van der Waals surface area contributed by atoms with Crippen LogP contribution in [0, 0.1) is 0 Å². The number of nitrogens with zero attached hydrogens (tertiary/aromatic N) is 3. The summed E-state index contributed by atoms with van der Waals surface area (Å²) in [6.45, 7) is 2.45. The van der Waals surface area contributed by atoms with Gasteiger partial charge < -0.3 is 14.5 Å². The number of hydrogen-bond acceptors (Lipinski definition) is 5. The van der Waals surface area contributed by atoms with Crippen LogP contribution in [0.5, 0.6) is 5.75 Å². The fourth-order valence-corrected chi connectivity index (χ4v) is 3.83. The van der Waals surface area contributed by atoms with Gasteiger partial charge in [0.2, 0.25) is 22.3 Å². The van der Waals surface area contributed by atoms with Crippen molar-refractivity contribution in [3.8, 4) is 5.75 Å². The predicted molar refractivity (Wildman–Crippen MR) is 102 cm³/mol. The molecule has 9 heteroatoms. The highest BCUT2D eigenvalue weighted by molar-refractivity contribution is 7.88. The SMILES string of the molecule is COc1cccc(CCN(CCC(=O)N2CCN(C=O)CC2)S(C)(=O)=O)c1. The lowest BCUT2D eigenvalue weighted by atomic mass is 10.1. The van der Waals surface area contributed by atoms with Crippen molar-refractivity contribution in [3.05, 3.63) is 29.8 Å². The van der Waals surface area contributed by atoms with Crippen LogP contribution in [0.25, 0.3) is 0 Å². The molecule has 0 aromatic heterocycles. The Morgan fingerprint density at radius 2 is 1.93 bits per heavy atom. The van der Waals surface area contributed by atoms with E-state index in [9.17, 15) is 18.0 Å². The molecular weight excluding hydrogens is 370 g/mol. The molecule has 150 valence electrons. The van der Waals surface area contributed by atoms with E-state index < -0.39 is 10.0 Å². The van der Waals surface area contributed by atoms with Crippen LogP contribution < -0.4 is 4.74 Å². The molecule has 0 saturated carbocycles. The van der Waals surface area contributed by atoms with Crippen LogP contribution in [0.1, 0.15) is 12.0 Å². The number of methoxy groups -OCH3 is 1. The first-order chi connectivity index (χ1) is 12.8. The zero-order valence-corrected chi connectivity index (χ0v) is 16.7. The molecule has 1 aromatic carbocycles. The van der Waals surface area contributed by atoms with Gasteiger partial charge in [0.25, 0.3) is 0 Å².